The Morgan fingerprint density at radius 2 is 1.79 bits per heavy atom. The monoisotopic (exact) mass is 274 g/mol. The van der Waals surface area contributed by atoms with Crippen LogP contribution in [0.15, 0.2) is 16.1 Å². The van der Waals surface area contributed by atoms with E-state index in [2.05, 4.69) is 17.2 Å². The van der Waals surface area contributed by atoms with Crippen molar-refractivity contribution in [1.29, 1.82) is 0 Å². The number of aliphatic imine (C=N–C) groups is 1. The van der Waals surface area contributed by atoms with Crippen LogP contribution in [0.4, 0.5) is 0 Å². The van der Waals surface area contributed by atoms with Gasteiger partial charge in [-0.2, -0.15) is 0 Å². The Hall–Kier alpha value is -0.440. The summed E-state index contributed by atoms with van der Waals surface area (Å²) in [5.74, 6) is 3.12. The summed E-state index contributed by atoms with van der Waals surface area (Å²) in [6.07, 6.45) is 9.04. The number of allylic oxidation sites excluding steroid dienone is 1. The van der Waals surface area contributed by atoms with Crippen LogP contribution in [-0.2, 0) is 0 Å². The van der Waals surface area contributed by atoms with Gasteiger partial charge in [0.1, 0.15) is 0 Å². The molecule has 2 nitrogen and oxygen atoms in total. The molecule has 4 saturated carbocycles. The smallest absolute Gasteiger partial charge is 0.168 e. The Labute approximate surface area is 119 Å². The van der Waals surface area contributed by atoms with E-state index in [1.165, 1.54) is 43.7 Å². The highest BCUT2D eigenvalue weighted by atomic mass is 32.2. The fourth-order valence-electron chi connectivity index (χ4n) is 5.94. The molecule has 0 unspecified atom stereocenters. The fourth-order valence-corrected chi connectivity index (χ4v) is 7.08. The molecule has 3 heteroatoms. The second-order valence-corrected chi connectivity index (χ2v) is 8.53. The third-order valence-corrected chi connectivity index (χ3v) is 7.03. The minimum atomic E-state index is 0.500. The zero-order valence-electron chi connectivity index (χ0n) is 11.6. The lowest BCUT2D eigenvalue weighted by atomic mass is 9.48. The topological polar surface area (TPSA) is 15.6 Å². The van der Waals surface area contributed by atoms with Crippen LogP contribution in [-0.4, -0.2) is 22.7 Å². The molecule has 2 heterocycles. The molecule has 19 heavy (non-hydrogen) atoms. The van der Waals surface area contributed by atoms with E-state index in [4.69, 9.17) is 4.99 Å². The summed E-state index contributed by atoms with van der Waals surface area (Å²) in [4.78, 5) is 7.35. The van der Waals surface area contributed by atoms with Gasteiger partial charge in [-0.1, -0.05) is 11.8 Å². The number of hydrogen-bond acceptors (Lipinski definition) is 3. The molecule has 0 amide bonds. The highest BCUT2D eigenvalue weighted by Crippen LogP contribution is 2.64. The van der Waals surface area contributed by atoms with E-state index in [0.717, 1.165) is 24.3 Å². The van der Waals surface area contributed by atoms with Crippen LogP contribution in [0, 0.1) is 23.2 Å². The molecule has 6 aliphatic rings. The van der Waals surface area contributed by atoms with E-state index < -0.39 is 0 Å². The SMILES string of the molecule is C[C@H]1CN2C(C34CC5CC(CC(C5)C3)C4)=CSC2=N1. The third-order valence-electron chi connectivity index (χ3n) is 6.16. The molecule has 0 aromatic rings. The lowest BCUT2D eigenvalue weighted by Crippen LogP contribution is -2.49. The molecule has 4 bridgehead atoms. The molecular weight excluding hydrogens is 252 g/mol. The summed E-state index contributed by atoms with van der Waals surface area (Å²) in [6, 6.07) is 0.500. The molecule has 1 atom stereocenters. The van der Waals surface area contributed by atoms with Crippen molar-refractivity contribution in [3.63, 3.8) is 0 Å². The summed E-state index contributed by atoms with van der Waals surface area (Å²) in [5.41, 5.74) is 2.21. The van der Waals surface area contributed by atoms with E-state index in [-0.39, 0.29) is 0 Å². The molecule has 2 aliphatic heterocycles. The molecule has 6 rings (SSSR count). The fraction of sp³-hybridized carbons (Fsp3) is 0.812. The van der Waals surface area contributed by atoms with Gasteiger partial charge in [-0.05, 0) is 68.6 Å². The van der Waals surface area contributed by atoms with Crippen LogP contribution in [0.25, 0.3) is 0 Å². The Bertz CT molecular complexity index is 458. The van der Waals surface area contributed by atoms with E-state index in [1.54, 1.807) is 5.70 Å². The number of fused-ring (bicyclic) bond motifs is 1. The minimum Gasteiger partial charge on any atom is -0.321 e. The van der Waals surface area contributed by atoms with Crippen molar-refractivity contribution < 1.29 is 0 Å². The lowest BCUT2D eigenvalue weighted by Gasteiger charge is -2.58. The maximum absolute atomic E-state index is 4.78. The third kappa shape index (κ3) is 1.48. The number of rotatable bonds is 1. The Kier molecular flexibility index (Phi) is 2.13. The van der Waals surface area contributed by atoms with Gasteiger partial charge in [0.15, 0.2) is 5.17 Å². The van der Waals surface area contributed by atoms with E-state index in [9.17, 15) is 0 Å². The summed E-state index contributed by atoms with van der Waals surface area (Å²) in [7, 11) is 0. The van der Waals surface area contributed by atoms with Crippen molar-refractivity contribution in [2.75, 3.05) is 6.54 Å². The van der Waals surface area contributed by atoms with Crippen molar-refractivity contribution in [2.24, 2.45) is 28.2 Å². The van der Waals surface area contributed by atoms with Crippen molar-refractivity contribution in [3.05, 3.63) is 11.1 Å². The Morgan fingerprint density at radius 1 is 1.16 bits per heavy atom. The van der Waals surface area contributed by atoms with E-state index >= 15 is 0 Å². The van der Waals surface area contributed by atoms with Gasteiger partial charge < -0.3 is 4.90 Å². The van der Waals surface area contributed by atoms with Gasteiger partial charge in [0.05, 0.1) is 6.04 Å². The van der Waals surface area contributed by atoms with Gasteiger partial charge in [0.2, 0.25) is 0 Å². The van der Waals surface area contributed by atoms with Crippen LogP contribution in [0.2, 0.25) is 0 Å². The quantitative estimate of drug-likeness (QED) is 0.721. The molecular formula is C16H22N2S. The van der Waals surface area contributed by atoms with Gasteiger partial charge in [-0.15, -0.1) is 0 Å². The van der Waals surface area contributed by atoms with Crippen LogP contribution in [0.1, 0.15) is 45.4 Å². The van der Waals surface area contributed by atoms with Crippen molar-refractivity contribution >= 4 is 16.9 Å². The zero-order valence-corrected chi connectivity index (χ0v) is 12.5. The molecule has 0 aromatic carbocycles. The maximum atomic E-state index is 4.78. The molecule has 0 radical (unpaired) electrons. The normalized spacial score (nSPS) is 50.5. The summed E-state index contributed by atoms with van der Waals surface area (Å²) in [6.45, 7) is 3.39. The van der Waals surface area contributed by atoms with Crippen molar-refractivity contribution in [2.45, 2.75) is 51.5 Å². The first kappa shape index (κ1) is 11.2. The standard InChI is InChI=1S/C16H22N2S/c1-10-8-18-14(9-19-15(18)17-10)16-5-11-2-12(6-16)4-13(3-11)7-16/h9-13H,2-8H2,1H3/t10-,11?,12?,13?,16?/m0/s1. The van der Waals surface area contributed by atoms with Gasteiger partial charge >= 0.3 is 0 Å². The number of nitrogens with zero attached hydrogens (tertiary/aromatic N) is 2. The average molecular weight is 274 g/mol. The van der Waals surface area contributed by atoms with Gasteiger partial charge in [0.25, 0.3) is 0 Å². The molecule has 102 valence electrons. The zero-order chi connectivity index (χ0) is 12.6. The lowest BCUT2D eigenvalue weighted by molar-refractivity contribution is -0.0391. The highest BCUT2D eigenvalue weighted by molar-refractivity contribution is 8.16. The first-order valence-electron chi connectivity index (χ1n) is 7.94. The van der Waals surface area contributed by atoms with Crippen LogP contribution < -0.4 is 0 Å². The predicted octanol–water partition coefficient (Wildman–Crippen LogP) is 3.85. The number of hydrogen-bond donors (Lipinski definition) is 0. The average Bonchev–Trinajstić information content (AvgIpc) is 2.85. The first-order chi connectivity index (χ1) is 9.22. The summed E-state index contributed by atoms with van der Waals surface area (Å²) >= 11 is 1.89. The van der Waals surface area contributed by atoms with Gasteiger partial charge in [-0.25, -0.2) is 0 Å². The Morgan fingerprint density at radius 3 is 2.42 bits per heavy atom. The largest absolute Gasteiger partial charge is 0.321 e. The van der Waals surface area contributed by atoms with E-state index in [0.29, 0.717) is 11.5 Å². The van der Waals surface area contributed by atoms with Crippen LogP contribution in [0.3, 0.4) is 0 Å². The van der Waals surface area contributed by atoms with Gasteiger partial charge in [0, 0.05) is 17.7 Å². The second kappa shape index (κ2) is 3.60. The predicted molar refractivity (Wildman–Crippen MR) is 79.9 cm³/mol. The van der Waals surface area contributed by atoms with Crippen molar-refractivity contribution in [1.82, 2.24) is 4.90 Å². The molecule has 0 saturated heterocycles. The Balaban J connectivity index is 1.52. The molecule has 4 fully saturated rings. The number of thioether (sulfide) groups is 1. The minimum absolute atomic E-state index is 0.500. The highest BCUT2D eigenvalue weighted by Gasteiger charge is 2.55. The second-order valence-electron chi connectivity index (χ2n) is 7.69. The summed E-state index contributed by atoms with van der Waals surface area (Å²) < 4.78 is 0. The molecule has 4 aliphatic carbocycles. The van der Waals surface area contributed by atoms with Crippen LogP contribution in [0.5, 0.6) is 0 Å². The van der Waals surface area contributed by atoms with E-state index in [1.807, 2.05) is 11.8 Å². The van der Waals surface area contributed by atoms with Gasteiger partial charge in [-0.3, -0.25) is 4.99 Å². The molecule has 0 spiro atoms. The molecule has 0 aromatic heterocycles. The number of amidine groups is 1. The summed E-state index contributed by atoms with van der Waals surface area (Å²) in [5, 5.41) is 3.75. The molecule has 0 N–H and O–H groups in total. The first-order valence-corrected chi connectivity index (χ1v) is 8.82. The van der Waals surface area contributed by atoms with Crippen molar-refractivity contribution in [3.8, 4) is 0 Å². The maximum Gasteiger partial charge on any atom is 0.168 e. The van der Waals surface area contributed by atoms with Crippen LogP contribution >= 0.6 is 11.8 Å².